The van der Waals surface area contributed by atoms with Crippen LogP contribution in [0.4, 0.5) is 5.69 Å². The van der Waals surface area contributed by atoms with Crippen LogP contribution in [0.3, 0.4) is 0 Å². The van der Waals surface area contributed by atoms with Crippen molar-refractivity contribution in [3.05, 3.63) is 63.3 Å². The van der Waals surface area contributed by atoms with E-state index in [0.717, 1.165) is 11.1 Å². The molecule has 6 nitrogen and oxygen atoms in total. The molecule has 0 spiro atoms. The zero-order valence-electron chi connectivity index (χ0n) is 12.0. The quantitative estimate of drug-likeness (QED) is 0.652. The average molecular weight is 287 g/mol. The van der Waals surface area contributed by atoms with Gasteiger partial charge in [-0.1, -0.05) is 12.1 Å². The molecule has 0 saturated carbocycles. The van der Waals surface area contributed by atoms with E-state index < -0.39 is 0 Å². The Morgan fingerprint density at radius 3 is 2.62 bits per heavy atom. The van der Waals surface area contributed by atoms with Crippen LogP contribution in [0.25, 0.3) is 0 Å². The van der Waals surface area contributed by atoms with Gasteiger partial charge >= 0.3 is 0 Å². The molecule has 0 amide bonds. The topological polar surface area (TPSA) is 77.3 Å². The van der Waals surface area contributed by atoms with E-state index >= 15 is 0 Å². The maximum absolute atomic E-state index is 10.9. The molecule has 0 radical (unpaired) electrons. The first-order valence-electron chi connectivity index (χ1n) is 6.53. The maximum Gasteiger partial charge on any atom is 0.272 e. The van der Waals surface area contributed by atoms with Gasteiger partial charge in [0.25, 0.3) is 5.69 Å². The molecule has 0 atom stereocenters. The molecule has 1 heterocycles. The highest BCUT2D eigenvalue weighted by atomic mass is 16.6. The van der Waals surface area contributed by atoms with Crippen molar-refractivity contribution in [3.8, 4) is 5.88 Å². The number of nitrogens with one attached hydrogen (secondary N) is 1. The molecule has 1 aromatic carbocycles. The molecule has 0 saturated heterocycles. The van der Waals surface area contributed by atoms with Crippen LogP contribution in [0.2, 0.25) is 0 Å². The summed E-state index contributed by atoms with van der Waals surface area (Å²) in [5.74, 6) is 0.570. The summed E-state index contributed by atoms with van der Waals surface area (Å²) in [5.41, 5.74) is 2.75. The molecule has 1 N–H and O–H groups in total. The van der Waals surface area contributed by atoms with Crippen molar-refractivity contribution in [1.82, 2.24) is 10.3 Å². The second kappa shape index (κ2) is 6.81. The molecule has 21 heavy (non-hydrogen) atoms. The predicted octanol–water partition coefficient (Wildman–Crippen LogP) is 2.60. The molecule has 0 aliphatic rings. The first kappa shape index (κ1) is 14.9. The highest BCUT2D eigenvalue weighted by Crippen LogP contribution is 2.19. The van der Waals surface area contributed by atoms with Gasteiger partial charge < -0.3 is 10.1 Å². The van der Waals surface area contributed by atoms with Crippen LogP contribution >= 0.6 is 0 Å². The van der Waals surface area contributed by atoms with E-state index in [1.54, 1.807) is 32.4 Å². The minimum absolute atomic E-state index is 0.153. The number of methoxy groups -OCH3 is 1. The normalized spacial score (nSPS) is 10.4. The van der Waals surface area contributed by atoms with Gasteiger partial charge in [0.1, 0.15) is 0 Å². The van der Waals surface area contributed by atoms with Gasteiger partial charge in [-0.2, -0.15) is 0 Å². The standard InChI is InChI=1S/C15H17N3O3/c1-11-3-4-12(7-14(11)18(19)20)9-16-10-13-5-6-17-15(8-13)21-2/h3-8,16H,9-10H2,1-2H3. The van der Waals surface area contributed by atoms with Crippen molar-refractivity contribution < 1.29 is 9.66 Å². The van der Waals surface area contributed by atoms with E-state index in [4.69, 9.17) is 4.74 Å². The molecule has 2 aromatic rings. The lowest BCUT2D eigenvalue weighted by atomic mass is 10.1. The smallest absolute Gasteiger partial charge is 0.272 e. The van der Waals surface area contributed by atoms with Crippen molar-refractivity contribution in [2.24, 2.45) is 0 Å². The summed E-state index contributed by atoms with van der Waals surface area (Å²) >= 11 is 0. The van der Waals surface area contributed by atoms with E-state index in [2.05, 4.69) is 10.3 Å². The van der Waals surface area contributed by atoms with Crippen molar-refractivity contribution in [2.45, 2.75) is 20.0 Å². The van der Waals surface area contributed by atoms with Gasteiger partial charge in [0.2, 0.25) is 5.88 Å². The first-order valence-corrected chi connectivity index (χ1v) is 6.53. The van der Waals surface area contributed by atoms with Crippen molar-refractivity contribution in [2.75, 3.05) is 7.11 Å². The molecule has 0 bridgehead atoms. The highest BCUT2D eigenvalue weighted by Gasteiger charge is 2.10. The van der Waals surface area contributed by atoms with Gasteiger partial charge in [0.15, 0.2) is 0 Å². The Hall–Kier alpha value is -2.47. The van der Waals surface area contributed by atoms with Crippen LogP contribution in [0, 0.1) is 17.0 Å². The van der Waals surface area contributed by atoms with Crippen LogP contribution in [0.15, 0.2) is 36.5 Å². The van der Waals surface area contributed by atoms with Gasteiger partial charge in [-0.25, -0.2) is 4.98 Å². The van der Waals surface area contributed by atoms with E-state index in [1.807, 2.05) is 18.2 Å². The number of aryl methyl sites for hydroxylation is 1. The van der Waals surface area contributed by atoms with Crippen LogP contribution < -0.4 is 10.1 Å². The summed E-state index contributed by atoms with van der Waals surface area (Å²) in [7, 11) is 1.57. The number of benzene rings is 1. The Bertz CT molecular complexity index is 644. The fourth-order valence-corrected chi connectivity index (χ4v) is 1.98. The molecule has 0 fully saturated rings. The summed E-state index contributed by atoms with van der Waals surface area (Å²) in [6.45, 7) is 2.94. The predicted molar refractivity (Wildman–Crippen MR) is 79.2 cm³/mol. The fraction of sp³-hybridized carbons (Fsp3) is 0.267. The van der Waals surface area contributed by atoms with E-state index in [0.29, 0.717) is 24.5 Å². The number of hydrogen-bond donors (Lipinski definition) is 1. The lowest BCUT2D eigenvalue weighted by Gasteiger charge is -2.07. The number of aromatic nitrogens is 1. The number of nitrogens with zero attached hydrogens (tertiary/aromatic N) is 2. The average Bonchev–Trinajstić information content (AvgIpc) is 2.49. The Balaban J connectivity index is 1.97. The monoisotopic (exact) mass is 287 g/mol. The fourth-order valence-electron chi connectivity index (χ4n) is 1.98. The summed E-state index contributed by atoms with van der Waals surface area (Å²) in [4.78, 5) is 14.6. The van der Waals surface area contributed by atoms with E-state index in [1.165, 1.54) is 0 Å². The van der Waals surface area contributed by atoms with Crippen molar-refractivity contribution in [1.29, 1.82) is 0 Å². The van der Waals surface area contributed by atoms with Gasteiger partial charge in [-0.15, -0.1) is 0 Å². The first-order chi connectivity index (χ1) is 10.1. The Morgan fingerprint density at radius 1 is 1.24 bits per heavy atom. The molecule has 6 heteroatoms. The SMILES string of the molecule is COc1cc(CNCc2ccc(C)c([N+](=O)[O-])c2)ccn1. The lowest BCUT2D eigenvalue weighted by molar-refractivity contribution is -0.385. The van der Waals surface area contributed by atoms with Crippen LogP contribution in [0.5, 0.6) is 5.88 Å². The number of rotatable bonds is 6. The summed E-state index contributed by atoms with van der Waals surface area (Å²) in [5, 5.41) is 14.2. The van der Waals surface area contributed by atoms with Crippen LogP contribution in [-0.4, -0.2) is 17.0 Å². The third-order valence-electron chi connectivity index (χ3n) is 3.14. The molecule has 0 unspecified atom stereocenters. The van der Waals surface area contributed by atoms with Crippen LogP contribution in [0.1, 0.15) is 16.7 Å². The second-order valence-electron chi connectivity index (χ2n) is 4.69. The second-order valence-corrected chi connectivity index (χ2v) is 4.69. The molecule has 0 aliphatic carbocycles. The third kappa shape index (κ3) is 4.00. The van der Waals surface area contributed by atoms with Gasteiger partial charge in [0, 0.05) is 37.0 Å². The van der Waals surface area contributed by atoms with Crippen molar-refractivity contribution in [3.63, 3.8) is 0 Å². The highest BCUT2D eigenvalue weighted by molar-refractivity contribution is 5.42. The molecule has 110 valence electrons. The molecular formula is C15H17N3O3. The summed E-state index contributed by atoms with van der Waals surface area (Å²) < 4.78 is 5.06. The Morgan fingerprint density at radius 2 is 1.95 bits per heavy atom. The van der Waals surface area contributed by atoms with E-state index in [9.17, 15) is 10.1 Å². The lowest BCUT2D eigenvalue weighted by Crippen LogP contribution is -2.13. The van der Waals surface area contributed by atoms with E-state index in [-0.39, 0.29) is 10.6 Å². The van der Waals surface area contributed by atoms with Crippen molar-refractivity contribution >= 4 is 5.69 Å². The minimum Gasteiger partial charge on any atom is -0.481 e. The minimum atomic E-state index is -0.355. The van der Waals surface area contributed by atoms with Gasteiger partial charge in [-0.05, 0) is 24.1 Å². The summed E-state index contributed by atoms with van der Waals surface area (Å²) in [6.07, 6.45) is 1.69. The zero-order chi connectivity index (χ0) is 15.2. The number of nitro groups is 1. The van der Waals surface area contributed by atoms with Gasteiger partial charge in [0.05, 0.1) is 12.0 Å². The third-order valence-corrected chi connectivity index (χ3v) is 3.14. The summed E-state index contributed by atoms with van der Waals surface area (Å²) in [6, 6.07) is 9.01. The van der Waals surface area contributed by atoms with Crippen LogP contribution in [-0.2, 0) is 13.1 Å². The van der Waals surface area contributed by atoms with Gasteiger partial charge in [-0.3, -0.25) is 10.1 Å². The maximum atomic E-state index is 10.9. The zero-order valence-corrected chi connectivity index (χ0v) is 12.0. The molecular weight excluding hydrogens is 270 g/mol. The molecule has 0 aliphatic heterocycles. The Kier molecular flexibility index (Phi) is 4.84. The number of pyridine rings is 1. The molecule has 1 aromatic heterocycles. The number of nitro benzene ring substituents is 1. The Labute approximate surface area is 122 Å². The molecule has 2 rings (SSSR count). The number of hydrogen-bond acceptors (Lipinski definition) is 5. The largest absolute Gasteiger partial charge is 0.481 e. The number of ether oxygens (including phenoxy) is 1.